The highest BCUT2D eigenvalue weighted by atomic mass is 127. The summed E-state index contributed by atoms with van der Waals surface area (Å²) < 4.78 is 5.44. The van der Waals surface area contributed by atoms with Gasteiger partial charge >= 0.3 is 0 Å². The Morgan fingerprint density at radius 1 is 1.24 bits per heavy atom. The first kappa shape index (κ1) is 21.5. The first-order chi connectivity index (χ1) is 11.5. The maximum Gasteiger partial charge on any atom is 0.191 e. The van der Waals surface area contributed by atoms with E-state index in [4.69, 9.17) is 16.3 Å². The number of aliphatic imine (C=N–C) groups is 1. The molecule has 25 heavy (non-hydrogen) atoms. The van der Waals surface area contributed by atoms with Gasteiger partial charge in [-0.2, -0.15) is 0 Å². The van der Waals surface area contributed by atoms with Crippen LogP contribution in [0.2, 0.25) is 5.02 Å². The number of aryl methyl sites for hydroxylation is 1. The van der Waals surface area contributed by atoms with Gasteiger partial charge in [0.2, 0.25) is 0 Å². The molecule has 1 aromatic heterocycles. The SMILES string of the molecule is CN=C(NCc1cccc(Cl)c1)NCc1ncc(C)c(OC)c1C.I. The van der Waals surface area contributed by atoms with Crippen molar-refractivity contribution in [1.82, 2.24) is 15.6 Å². The van der Waals surface area contributed by atoms with Crippen LogP contribution in [-0.2, 0) is 13.1 Å². The van der Waals surface area contributed by atoms with Gasteiger partial charge in [0.1, 0.15) is 5.75 Å². The number of methoxy groups -OCH3 is 1. The van der Waals surface area contributed by atoms with Crippen LogP contribution in [0.25, 0.3) is 0 Å². The number of aromatic nitrogens is 1. The number of halogens is 2. The van der Waals surface area contributed by atoms with Crippen molar-refractivity contribution in [2.75, 3.05) is 14.2 Å². The first-order valence-electron chi connectivity index (χ1n) is 7.73. The average molecular weight is 475 g/mol. The van der Waals surface area contributed by atoms with E-state index in [0.717, 1.165) is 33.2 Å². The van der Waals surface area contributed by atoms with Crippen molar-refractivity contribution in [2.45, 2.75) is 26.9 Å². The van der Waals surface area contributed by atoms with E-state index in [0.29, 0.717) is 19.0 Å². The molecule has 0 saturated carbocycles. The highest BCUT2D eigenvalue weighted by Gasteiger charge is 2.09. The number of nitrogens with zero attached hydrogens (tertiary/aromatic N) is 2. The van der Waals surface area contributed by atoms with E-state index in [1.54, 1.807) is 14.2 Å². The fourth-order valence-corrected chi connectivity index (χ4v) is 2.68. The molecule has 0 saturated heterocycles. The quantitative estimate of drug-likeness (QED) is 0.393. The molecule has 136 valence electrons. The molecule has 1 heterocycles. The summed E-state index contributed by atoms with van der Waals surface area (Å²) in [5, 5.41) is 7.26. The minimum Gasteiger partial charge on any atom is -0.496 e. The van der Waals surface area contributed by atoms with E-state index < -0.39 is 0 Å². The molecule has 2 rings (SSSR count). The lowest BCUT2D eigenvalue weighted by molar-refractivity contribution is 0.406. The van der Waals surface area contributed by atoms with Gasteiger partial charge in [0.25, 0.3) is 0 Å². The summed E-state index contributed by atoms with van der Waals surface area (Å²) in [6, 6.07) is 7.74. The third-order valence-electron chi connectivity index (χ3n) is 3.75. The smallest absolute Gasteiger partial charge is 0.191 e. The number of rotatable bonds is 5. The molecule has 0 atom stereocenters. The monoisotopic (exact) mass is 474 g/mol. The summed E-state index contributed by atoms with van der Waals surface area (Å²) in [6.07, 6.45) is 1.82. The molecule has 0 aliphatic heterocycles. The van der Waals surface area contributed by atoms with Gasteiger partial charge in [-0.25, -0.2) is 0 Å². The standard InChI is InChI=1S/C18H23ClN4O.HI/c1-12-9-21-16(13(2)17(12)24-4)11-23-18(20-3)22-10-14-6-5-7-15(19)8-14;/h5-9H,10-11H2,1-4H3,(H2,20,22,23);1H. The number of nitrogens with one attached hydrogen (secondary N) is 2. The second-order valence-electron chi connectivity index (χ2n) is 5.46. The summed E-state index contributed by atoms with van der Waals surface area (Å²) >= 11 is 6.00. The molecule has 0 amide bonds. The largest absolute Gasteiger partial charge is 0.496 e. The van der Waals surface area contributed by atoms with Gasteiger partial charge in [0.15, 0.2) is 5.96 Å². The van der Waals surface area contributed by atoms with E-state index in [2.05, 4.69) is 20.6 Å². The molecular weight excluding hydrogens is 451 g/mol. The van der Waals surface area contributed by atoms with Crippen LogP contribution < -0.4 is 15.4 Å². The predicted octanol–water partition coefficient (Wildman–Crippen LogP) is 3.84. The second kappa shape index (κ2) is 10.5. The van der Waals surface area contributed by atoms with Gasteiger partial charge in [-0.05, 0) is 31.5 Å². The fourth-order valence-electron chi connectivity index (χ4n) is 2.47. The fraction of sp³-hybridized carbons (Fsp3) is 0.333. The Hall–Kier alpha value is -1.54. The third-order valence-corrected chi connectivity index (χ3v) is 3.98. The summed E-state index contributed by atoms with van der Waals surface area (Å²) in [5.74, 6) is 1.58. The van der Waals surface area contributed by atoms with Gasteiger partial charge in [0.05, 0.1) is 19.3 Å². The minimum absolute atomic E-state index is 0. The van der Waals surface area contributed by atoms with Gasteiger partial charge in [-0.3, -0.25) is 9.98 Å². The molecule has 0 fully saturated rings. The highest BCUT2D eigenvalue weighted by Crippen LogP contribution is 2.23. The Bertz CT molecular complexity index is 737. The van der Waals surface area contributed by atoms with Crippen LogP contribution in [0.1, 0.15) is 22.4 Å². The van der Waals surface area contributed by atoms with Crippen LogP contribution in [-0.4, -0.2) is 25.1 Å². The van der Waals surface area contributed by atoms with Crippen molar-refractivity contribution >= 4 is 41.5 Å². The summed E-state index contributed by atoms with van der Waals surface area (Å²) in [6.45, 7) is 5.21. The Morgan fingerprint density at radius 3 is 2.60 bits per heavy atom. The molecule has 0 spiro atoms. The van der Waals surface area contributed by atoms with Crippen molar-refractivity contribution in [3.8, 4) is 5.75 Å². The molecule has 0 radical (unpaired) electrons. The Morgan fingerprint density at radius 2 is 1.96 bits per heavy atom. The van der Waals surface area contributed by atoms with Crippen LogP contribution in [0.5, 0.6) is 5.75 Å². The first-order valence-corrected chi connectivity index (χ1v) is 8.11. The van der Waals surface area contributed by atoms with Gasteiger partial charge < -0.3 is 15.4 Å². The average Bonchev–Trinajstić information content (AvgIpc) is 2.57. The number of hydrogen-bond donors (Lipinski definition) is 2. The molecule has 0 aliphatic rings. The van der Waals surface area contributed by atoms with E-state index in [1.807, 2.05) is 44.3 Å². The van der Waals surface area contributed by atoms with E-state index in [-0.39, 0.29) is 24.0 Å². The van der Waals surface area contributed by atoms with Crippen LogP contribution in [0, 0.1) is 13.8 Å². The van der Waals surface area contributed by atoms with Gasteiger partial charge in [-0.15, -0.1) is 24.0 Å². The normalized spacial score (nSPS) is 10.8. The molecular formula is C18H24ClIN4O. The van der Waals surface area contributed by atoms with E-state index >= 15 is 0 Å². The number of guanidine groups is 1. The van der Waals surface area contributed by atoms with Crippen molar-refractivity contribution in [2.24, 2.45) is 4.99 Å². The minimum atomic E-state index is 0. The molecule has 0 aliphatic carbocycles. The van der Waals surface area contributed by atoms with E-state index in [1.165, 1.54) is 0 Å². The number of benzene rings is 1. The molecule has 7 heteroatoms. The zero-order chi connectivity index (χ0) is 17.5. The van der Waals surface area contributed by atoms with Crippen molar-refractivity contribution < 1.29 is 4.74 Å². The summed E-state index contributed by atoms with van der Waals surface area (Å²) in [7, 11) is 3.42. The Balaban J connectivity index is 0.00000312. The molecule has 5 nitrogen and oxygen atoms in total. The summed E-state index contributed by atoms with van der Waals surface area (Å²) in [5.41, 5.74) is 4.09. The lowest BCUT2D eigenvalue weighted by atomic mass is 10.1. The van der Waals surface area contributed by atoms with Gasteiger partial charge in [0, 0.05) is 35.9 Å². The second-order valence-corrected chi connectivity index (χ2v) is 5.89. The Kier molecular flexibility index (Phi) is 8.99. The predicted molar refractivity (Wildman–Crippen MR) is 114 cm³/mol. The van der Waals surface area contributed by atoms with Crippen LogP contribution >= 0.6 is 35.6 Å². The zero-order valence-electron chi connectivity index (χ0n) is 14.9. The number of pyridine rings is 1. The Labute approximate surface area is 171 Å². The number of hydrogen-bond acceptors (Lipinski definition) is 3. The molecule has 1 aromatic carbocycles. The molecule has 2 aromatic rings. The van der Waals surface area contributed by atoms with Crippen molar-refractivity contribution in [3.05, 3.63) is 57.9 Å². The molecule has 2 N–H and O–H groups in total. The third kappa shape index (κ3) is 6.04. The lowest BCUT2D eigenvalue weighted by Crippen LogP contribution is -2.36. The van der Waals surface area contributed by atoms with E-state index in [9.17, 15) is 0 Å². The maximum absolute atomic E-state index is 6.00. The molecule has 0 bridgehead atoms. The van der Waals surface area contributed by atoms with Crippen molar-refractivity contribution in [1.29, 1.82) is 0 Å². The van der Waals surface area contributed by atoms with Gasteiger partial charge in [-0.1, -0.05) is 23.7 Å². The topological polar surface area (TPSA) is 58.5 Å². The maximum atomic E-state index is 6.00. The van der Waals surface area contributed by atoms with Crippen LogP contribution in [0.3, 0.4) is 0 Å². The highest BCUT2D eigenvalue weighted by molar-refractivity contribution is 14.0. The molecule has 0 unspecified atom stereocenters. The summed E-state index contributed by atoms with van der Waals surface area (Å²) in [4.78, 5) is 8.71. The zero-order valence-corrected chi connectivity index (χ0v) is 18.0. The van der Waals surface area contributed by atoms with Crippen LogP contribution in [0.15, 0.2) is 35.5 Å². The van der Waals surface area contributed by atoms with Crippen LogP contribution in [0.4, 0.5) is 0 Å². The number of ether oxygens (including phenoxy) is 1. The van der Waals surface area contributed by atoms with Crippen molar-refractivity contribution in [3.63, 3.8) is 0 Å². The lowest BCUT2D eigenvalue weighted by Gasteiger charge is -2.15.